The van der Waals surface area contributed by atoms with Crippen LogP contribution in [0, 0.1) is 0 Å². The van der Waals surface area contributed by atoms with Crippen LogP contribution in [0.3, 0.4) is 0 Å². The molecular formula is C42H46N2O6S2. The number of ketones is 2. The topological polar surface area (TPSA) is 112 Å². The van der Waals surface area contributed by atoms with Crippen molar-refractivity contribution in [3.05, 3.63) is 128 Å². The molecule has 1 aliphatic heterocycles. The molecule has 0 amide bonds. The molecule has 10 heteroatoms. The van der Waals surface area contributed by atoms with Gasteiger partial charge >= 0.3 is 0 Å². The Balaban J connectivity index is 1.35. The van der Waals surface area contributed by atoms with Crippen molar-refractivity contribution >= 4 is 34.6 Å². The van der Waals surface area contributed by atoms with Crippen molar-refractivity contribution in [3.63, 3.8) is 0 Å². The Morgan fingerprint density at radius 2 is 0.615 bits per heavy atom. The first-order valence-electron chi connectivity index (χ1n) is 17.6. The number of carbonyl (C=O) groups excluding carboxylic acids is 2. The van der Waals surface area contributed by atoms with Gasteiger partial charge in [0.2, 0.25) is 0 Å². The highest BCUT2D eigenvalue weighted by atomic mass is 32.1. The summed E-state index contributed by atoms with van der Waals surface area (Å²) in [6, 6.07) is 19.2. The average molecular weight is 739 g/mol. The molecule has 0 unspecified atom stereocenters. The molecule has 0 atom stereocenters. The van der Waals surface area contributed by atoms with Gasteiger partial charge in [-0.3, -0.25) is 9.59 Å². The molecule has 0 fully saturated rings. The van der Waals surface area contributed by atoms with E-state index in [4.69, 9.17) is 26.4 Å². The second-order valence-corrected chi connectivity index (χ2v) is 18.8. The molecule has 0 saturated heterocycles. The fraction of sp³-hybridized carbons (Fsp3) is 0.429. The van der Waals surface area contributed by atoms with Gasteiger partial charge in [0.05, 0.1) is 53.6 Å². The number of hydrogen-bond donors (Lipinski definition) is 0. The summed E-state index contributed by atoms with van der Waals surface area (Å²) in [5.74, 6) is 5.17. The molecule has 0 aliphatic carbocycles. The van der Waals surface area contributed by atoms with Crippen LogP contribution in [0.4, 0.5) is 0 Å². The van der Waals surface area contributed by atoms with E-state index in [1.165, 1.54) is 23.1 Å². The van der Waals surface area contributed by atoms with Crippen LogP contribution in [0.5, 0.6) is 0 Å². The maximum absolute atomic E-state index is 14.1. The molecule has 52 heavy (non-hydrogen) atoms. The molecule has 12 bridgehead atoms. The molecule has 0 spiro atoms. The third kappa shape index (κ3) is 5.43. The third-order valence-corrected chi connectivity index (χ3v) is 12.8. The summed E-state index contributed by atoms with van der Waals surface area (Å²) in [6.45, 7) is 23.8. The molecule has 0 aromatic carbocycles. The van der Waals surface area contributed by atoms with Crippen molar-refractivity contribution in [2.75, 3.05) is 0 Å². The quantitative estimate of drug-likeness (QED) is 0.151. The summed E-state index contributed by atoms with van der Waals surface area (Å²) in [6.07, 6.45) is 0. The molecule has 7 rings (SSSR count). The normalized spacial score (nSPS) is 20.2. The summed E-state index contributed by atoms with van der Waals surface area (Å²) in [7, 11) is 0. The number of Topliss-reactive ketones (excluding diaryl/α,β-unsaturated/α-hetero) is 2. The van der Waals surface area contributed by atoms with Crippen LogP contribution in [0.2, 0.25) is 0 Å². The van der Waals surface area contributed by atoms with Gasteiger partial charge in [0.1, 0.15) is 46.1 Å². The van der Waals surface area contributed by atoms with Crippen molar-refractivity contribution in [2.24, 2.45) is 0 Å². The number of furan rings is 4. The Hall–Kier alpha value is -4.28. The zero-order chi connectivity index (χ0) is 37.8. The van der Waals surface area contributed by atoms with Gasteiger partial charge in [-0.25, -0.2) is 0 Å². The van der Waals surface area contributed by atoms with Gasteiger partial charge in [-0.1, -0.05) is 0 Å². The highest BCUT2D eigenvalue weighted by molar-refractivity contribution is 7.08. The molecule has 6 aromatic heterocycles. The molecule has 8 nitrogen and oxygen atoms in total. The van der Waals surface area contributed by atoms with E-state index in [1.54, 1.807) is 0 Å². The van der Waals surface area contributed by atoms with E-state index in [0.29, 0.717) is 55.8 Å². The molecule has 0 N–H and O–H groups in total. The number of hydrogen-bond acceptors (Lipinski definition) is 10. The number of fused-ring (bicyclic) bond motifs is 12. The molecule has 7 heterocycles. The molecule has 6 aromatic rings. The zero-order valence-corrected chi connectivity index (χ0v) is 33.6. The second-order valence-electron chi connectivity index (χ2n) is 17.2. The molecule has 1 aliphatic rings. The summed E-state index contributed by atoms with van der Waals surface area (Å²) >= 11 is 2.38. The minimum Gasteiger partial charge on any atom is -0.464 e. The fourth-order valence-corrected chi connectivity index (χ4v) is 8.69. The van der Waals surface area contributed by atoms with Crippen LogP contribution in [0.25, 0.3) is 0 Å². The highest BCUT2D eigenvalue weighted by Gasteiger charge is 2.42. The first kappa shape index (κ1) is 36.1. The zero-order valence-electron chi connectivity index (χ0n) is 31.9. The minimum atomic E-state index is -0.957. The van der Waals surface area contributed by atoms with Gasteiger partial charge in [0, 0.05) is 0 Å². The lowest BCUT2D eigenvalue weighted by molar-refractivity contribution is 0.0886. The van der Waals surface area contributed by atoms with Crippen molar-refractivity contribution in [1.29, 1.82) is 0 Å². The van der Waals surface area contributed by atoms with Crippen molar-refractivity contribution in [3.8, 4) is 0 Å². The van der Waals surface area contributed by atoms with E-state index in [0.717, 1.165) is 11.4 Å². The highest BCUT2D eigenvalue weighted by Crippen LogP contribution is 2.44. The Bertz CT molecular complexity index is 2160. The van der Waals surface area contributed by atoms with E-state index in [1.807, 2.05) is 144 Å². The molecule has 0 saturated carbocycles. The summed E-state index contributed by atoms with van der Waals surface area (Å²) in [4.78, 5) is 29.3. The average Bonchev–Trinajstić information content (AvgIpc) is 3.94. The maximum Gasteiger partial charge on any atom is 0.187 e. The van der Waals surface area contributed by atoms with E-state index < -0.39 is 32.5 Å². The molecule has 0 radical (unpaired) electrons. The van der Waals surface area contributed by atoms with Crippen LogP contribution < -0.4 is 0 Å². The number of rotatable bonds is 0. The van der Waals surface area contributed by atoms with Gasteiger partial charge < -0.3 is 17.7 Å². The fourth-order valence-electron chi connectivity index (χ4n) is 6.73. The largest absolute Gasteiger partial charge is 0.464 e. The van der Waals surface area contributed by atoms with Crippen molar-refractivity contribution in [1.82, 2.24) is 8.75 Å². The first-order chi connectivity index (χ1) is 24.1. The van der Waals surface area contributed by atoms with E-state index >= 15 is 0 Å². The monoisotopic (exact) mass is 738 g/mol. The van der Waals surface area contributed by atoms with Gasteiger partial charge in [0.25, 0.3) is 0 Å². The Labute approximate surface area is 313 Å². The summed E-state index contributed by atoms with van der Waals surface area (Å²) in [5.41, 5.74) is -3.00. The SMILES string of the molecule is CC1(C)C(=O)c2cc(ns2)C(C)(C)c2ccc(o2)C(C)(C)c2ccc(o2)C(C)(C)C(=O)c2cc(ns2)C(C)(C)c2ccc(o2)C(C)(C)c2ccc1o2. The molecular weight excluding hydrogens is 693 g/mol. The maximum atomic E-state index is 14.1. The lowest BCUT2D eigenvalue weighted by Crippen LogP contribution is -2.28. The standard InChI is InChI=1S/C42H46N2O6S2/c1-37(2)25-21-23(51-43-25)35(45)41(9,10)33-20-18-32(50-33)40(7,8)30-16-14-28(48-30)38(3,4)26-22-24(52-44-26)36(46)42(11,12)34-19-17-31(49-34)39(5,6)29-15-13-27(37)47-29/h13-22H,1-12H3. The lowest BCUT2D eigenvalue weighted by Gasteiger charge is -2.24. The number of aromatic nitrogens is 2. The van der Waals surface area contributed by atoms with Gasteiger partial charge in [0.15, 0.2) is 11.6 Å². The van der Waals surface area contributed by atoms with Crippen molar-refractivity contribution < 1.29 is 27.3 Å². The number of carbonyl (C=O) groups is 2. The predicted octanol–water partition coefficient (Wildman–Crippen LogP) is 10.9. The molecule has 272 valence electrons. The third-order valence-electron chi connectivity index (χ3n) is 11.2. The van der Waals surface area contributed by atoms with Crippen LogP contribution in [0.15, 0.2) is 78.3 Å². The van der Waals surface area contributed by atoms with Crippen LogP contribution in [-0.2, 0) is 32.5 Å². The predicted molar refractivity (Wildman–Crippen MR) is 202 cm³/mol. The van der Waals surface area contributed by atoms with Crippen LogP contribution in [0.1, 0.15) is 160 Å². The Morgan fingerprint density at radius 3 is 0.885 bits per heavy atom. The van der Waals surface area contributed by atoms with Gasteiger partial charge in [-0.05, 0) is 167 Å². The van der Waals surface area contributed by atoms with E-state index in [2.05, 4.69) is 0 Å². The Kier molecular flexibility index (Phi) is 8.06. The number of nitrogens with zero attached hydrogens (tertiary/aromatic N) is 2. The first-order valence-corrected chi connectivity index (χ1v) is 19.1. The smallest absolute Gasteiger partial charge is 0.187 e. The van der Waals surface area contributed by atoms with E-state index in [-0.39, 0.29) is 11.6 Å². The second kappa shape index (κ2) is 11.6. The van der Waals surface area contributed by atoms with Crippen LogP contribution >= 0.6 is 23.1 Å². The van der Waals surface area contributed by atoms with Gasteiger partial charge in [-0.15, -0.1) is 0 Å². The van der Waals surface area contributed by atoms with E-state index in [9.17, 15) is 9.59 Å². The van der Waals surface area contributed by atoms with Crippen LogP contribution in [-0.4, -0.2) is 20.3 Å². The lowest BCUT2D eigenvalue weighted by atomic mass is 9.83. The summed E-state index contributed by atoms with van der Waals surface area (Å²) < 4.78 is 35.6. The summed E-state index contributed by atoms with van der Waals surface area (Å²) in [5, 5.41) is 0. The Morgan fingerprint density at radius 1 is 0.385 bits per heavy atom. The van der Waals surface area contributed by atoms with Crippen molar-refractivity contribution in [2.45, 2.75) is 116 Å². The minimum absolute atomic E-state index is 0.0758. The van der Waals surface area contributed by atoms with Gasteiger partial charge in [-0.2, -0.15) is 8.75 Å².